The largest absolute Gasteiger partial charge is 0.299 e. The van der Waals surface area contributed by atoms with Gasteiger partial charge in [0.05, 0.1) is 4.34 Å². The van der Waals surface area contributed by atoms with E-state index < -0.39 is 21.4 Å². The molecule has 8 heteroatoms. The van der Waals surface area contributed by atoms with Crippen molar-refractivity contribution in [2.45, 2.75) is 23.0 Å². The maximum Gasteiger partial charge on any atom is 0.195 e. The van der Waals surface area contributed by atoms with Crippen LogP contribution in [0.2, 0.25) is 4.34 Å². The Morgan fingerprint density at radius 1 is 1.00 bits per heavy atom. The highest BCUT2D eigenvalue weighted by molar-refractivity contribution is 7.94. The van der Waals surface area contributed by atoms with E-state index in [9.17, 15) is 18.0 Å². The van der Waals surface area contributed by atoms with Crippen molar-refractivity contribution in [2.75, 3.05) is 5.75 Å². The van der Waals surface area contributed by atoms with Crippen LogP contribution in [0, 0.1) is 5.92 Å². The minimum Gasteiger partial charge on any atom is -0.299 e. The number of Topliss-reactive ketones (excluding diaryl/α,β-unsaturated/α-hetero) is 2. The molecule has 0 saturated heterocycles. The summed E-state index contributed by atoms with van der Waals surface area (Å²) < 4.78 is 25.3. The minimum atomic E-state index is -3.73. The van der Waals surface area contributed by atoms with E-state index >= 15 is 0 Å². The number of sulfone groups is 1. The number of benzene rings is 2. The number of nitrogens with zero attached hydrogens (tertiary/aromatic N) is 1. The molecule has 4 aromatic rings. The molecule has 5 rings (SSSR count). The Labute approximate surface area is 206 Å². The lowest BCUT2D eigenvalue weighted by Crippen LogP contribution is -2.15. The topological polar surface area (TPSA) is 81.2 Å². The summed E-state index contributed by atoms with van der Waals surface area (Å²) in [6.45, 7) is 0. The summed E-state index contributed by atoms with van der Waals surface area (Å²) in [6.07, 6.45) is 4.73. The fraction of sp³-hybridized carbons (Fsp3) is 0.192. The molecule has 1 aliphatic rings. The van der Waals surface area contributed by atoms with Crippen molar-refractivity contribution in [3.63, 3.8) is 0 Å². The highest BCUT2D eigenvalue weighted by Gasteiger charge is 2.43. The molecule has 0 bridgehead atoms. The van der Waals surface area contributed by atoms with Gasteiger partial charge in [-0.1, -0.05) is 54.1 Å². The summed E-state index contributed by atoms with van der Waals surface area (Å²) in [5, 5.41) is 2.11. The summed E-state index contributed by atoms with van der Waals surface area (Å²) in [7, 11) is -3.73. The molecule has 2 heterocycles. The van der Waals surface area contributed by atoms with Crippen LogP contribution in [0.1, 0.15) is 33.8 Å². The van der Waals surface area contributed by atoms with Crippen LogP contribution in [-0.4, -0.2) is 30.7 Å². The molecule has 0 radical (unpaired) electrons. The van der Waals surface area contributed by atoms with E-state index in [1.807, 2.05) is 36.4 Å². The molecule has 172 valence electrons. The third kappa shape index (κ3) is 4.82. The Morgan fingerprint density at radius 2 is 1.79 bits per heavy atom. The van der Waals surface area contributed by atoms with Crippen molar-refractivity contribution in [1.29, 1.82) is 0 Å². The van der Waals surface area contributed by atoms with Crippen LogP contribution in [0.5, 0.6) is 0 Å². The second-order valence-corrected chi connectivity index (χ2v) is 12.4. The Kier molecular flexibility index (Phi) is 6.10. The van der Waals surface area contributed by atoms with Gasteiger partial charge in [-0.25, -0.2) is 8.42 Å². The number of carbonyl (C=O) groups excluding carboxylic acids is 2. The average Bonchev–Trinajstić information content (AvgIpc) is 3.51. The second-order valence-electron chi connectivity index (χ2n) is 8.51. The van der Waals surface area contributed by atoms with Crippen molar-refractivity contribution in [3.05, 3.63) is 94.1 Å². The first kappa shape index (κ1) is 22.9. The lowest BCUT2D eigenvalue weighted by molar-refractivity contribution is -0.119. The van der Waals surface area contributed by atoms with Crippen LogP contribution in [0.15, 0.2) is 77.3 Å². The third-order valence-electron chi connectivity index (χ3n) is 6.12. The molecule has 1 aliphatic carbocycles. The molecular weight excluding hydrogens is 490 g/mol. The maximum atomic E-state index is 12.8. The minimum absolute atomic E-state index is 0.0290. The molecule has 0 aliphatic heterocycles. The smallest absolute Gasteiger partial charge is 0.195 e. The summed E-state index contributed by atoms with van der Waals surface area (Å²) >= 11 is 6.76. The first-order valence-corrected chi connectivity index (χ1v) is 13.6. The Hall–Kier alpha value is -2.87. The van der Waals surface area contributed by atoms with Crippen molar-refractivity contribution in [3.8, 4) is 0 Å². The molecule has 0 amide bonds. The van der Waals surface area contributed by atoms with Crippen LogP contribution in [0.4, 0.5) is 0 Å². The molecule has 2 atom stereocenters. The highest BCUT2D eigenvalue weighted by atomic mass is 35.5. The van der Waals surface area contributed by atoms with Gasteiger partial charge >= 0.3 is 0 Å². The summed E-state index contributed by atoms with van der Waals surface area (Å²) in [5.74, 6) is -0.752. The summed E-state index contributed by atoms with van der Waals surface area (Å²) in [4.78, 5) is 29.5. The molecule has 1 fully saturated rings. The second kappa shape index (κ2) is 9.06. The van der Waals surface area contributed by atoms with Gasteiger partial charge in [-0.2, -0.15) is 0 Å². The van der Waals surface area contributed by atoms with Crippen LogP contribution >= 0.6 is 22.9 Å². The first-order valence-electron chi connectivity index (χ1n) is 10.8. The van der Waals surface area contributed by atoms with Gasteiger partial charge in [0.1, 0.15) is 15.7 Å². The number of thiophene rings is 1. The Balaban J connectivity index is 1.21. The van der Waals surface area contributed by atoms with Gasteiger partial charge in [0, 0.05) is 35.7 Å². The molecule has 34 heavy (non-hydrogen) atoms. The van der Waals surface area contributed by atoms with Crippen molar-refractivity contribution >= 4 is 55.1 Å². The number of ketones is 2. The molecule has 5 nitrogen and oxygen atoms in total. The lowest BCUT2D eigenvalue weighted by Gasteiger charge is -2.05. The highest BCUT2D eigenvalue weighted by Crippen LogP contribution is 2.48. The summed E-state index contributed by atoms with van der Waals surface area (Å²) in [6, 6.07) is 17.8. The molecule has 0 unspecified atom stereocenters. The average molecular weight is 510 g/mol. The van der Waals surface area contributed by atoms with E-state index in [1.54, 1.807) is 24.5 Å². The molecule has 2 aromatic heterocycles. The van der Waals surface area contributed by atoms with Crippen LogP contribution < -0.4 is 0 Å². The monoisotopic (exact) mass is 509 g/mol. The molecule has 0 spiro atoms. The van der Waals surface area contributed by atoms with Crippen molar-refractivity contribution < 1.29 is 18.0 Å². The number of hydrogen-bond acceptors (Lipinski definition) is 6. The molecule has 0 N–H and O–H groups in total. The number of aromatic nitrogens is 1. The van der Waals surface area contributed by atoms with E-state index in [-0.39, 0.29) is 21.8 Å². The van der Waals surface area contributed by atoms with Gasteiger partial charge < -0.3 is 0 Å². The number of fused-ring (bicyclic) bond motifs is 1. The van der Waals surface area contributed by atoms with E-state index in [2.05, 4.69) is 4.98 Å². The van der Waals surface area contributed by atoms with E-state index in [1.165, 1.54) is 12.1 Å². The fourth-order valence-corrected chi connectivity index (χ4v) is 7.00. The van der Waals surface area contributed by atoms with Gasteiger partial charge in [-0.3, -0.25) is 14.6 Å². The molecule has 2 aromatic carbocycles. The van der Waals surface area contributed by atoms with Crippen LogP contribution in [0.25, 0.3) is 10.8 Å². The normalized spacial score (nSPS) is 17.6. The molecular formula is C26H20ClNO4S2. The fourth-order valence-electron chi connectivity index (χ4n) is 4.20. The number of pyridine rings is 1. The Morgan fingerprint density at radius 3 is 2.53 bits per heavy atom. The van der Waals surface area contributed by atoms with Crippen molar-refractivity contribution in [1.82, 2.24) is 4.98 Å². The van der Waals surface area contributed by atoms with E-state index in [0.717, 1.165) is 39.7 Å². The van der Waals surface area contributed by atoms with Gasteiger partial charge in [-0.05, 0) is 47.1 Å². The zero-order valence-electron chi connectivity index (χ0n) is 18.0. The lowest BCUT2D eigenvalue weighted by atomic mass is 10.00. The van der Waals surface area contributed by atoms with E-state index in [4.69, 9.17) is 11.6 Å². The Bertz CT molecular complexity index is 1510. The number of hydrogen-bond donors (Lipinski definition) is 0. The van der Waals surface area contributed by atoms with Crippen LogP contribution in [0.3, 0.4) is 0 Å². The molecule has 1 saturated carbocycles. The SMILES string of the molecule is O=C(CS(=O)(=O)c1ccc(Cl)s1)c1ccc([C@@H]2C[C@H]2C(=O)Cc2ccc3cnccc3c2)cc1. The zero-order chi connectivity index (χ0) is 23.9. The third-order valence-corrected chi connectivity index (χ3v) is 9.55. The number of halogens is 1. The number of carbonyl (C=O) groups is 2. The standard InChI is InChI=1S/C26H20ClNO4S2/c27-25-7-8-26(33-25)34(31,32)15-24(30)18-5-3-17(4-6-18)21-13-22(21)23(29)12-16-1-2-20-14-28-10-9-19(20)11-16/h1-11,14,21-22H,12-13,15H2/t21-,22+/m0/s1. The van der Waals surface area contributed by atoms with E-state index in [0.29, 0.717) is 16.3 Å². The summed E-state index contributed by atoms with van der Waals surface area (Å²) in [5.41, 5.74) is 2.32. The van der Waals surface area contributed by atoms with Crippen LogP contribution in [-0.2, 0) is 21.1 Å². The predicted octanol–water partition coefficient (Wildman–Crippen LogP) is 5.52. The van der Waals surface area contributed by atoms with Gasteiger partial charge in [0.2, 0.25) is 0 Å². The van der Waals surface area contributed by atoms with Gasteiger partial charge in [0.25, 0.3) is 0 Å². The van der Waals surface area contributed by atoms with Gasteiger partial charge in [-0.15, -0.1) is 11.3 Å². The van der Waals surface area contributed by atoms with Crippen molar-refractivity contribution in [2.24, 2.45) is 5.92 Å². The first-order chi connectivity index (χ1) is 16.3. The maximum absolute atomic E-state index is 12.8. The quantitative estimate of drug-likeness (QED) is 0.292. The zero-order valence-corrected chi connectivity index (χ0v) is 20.4. The van der Waals surface area contributed by atoms with Gasteiger partial charge in [0.15, 0.2) is 15.6 Å². The predicted molar refractivity (Wildman–Crippen MR) is 133 cm³/mol. The number of rotatable bonds is 8.